The van der Waals surface area contributed by atoms with Gasteiger partial charge < -0.3 is 29.0 Å². The van der Waals surface area contributed by atoms with Gasteiger partial charge in [-0.25, -0.2) is 4.79 Å². The quantitative estimate of drug-likeness (QED) is 0.285. The van der Waals surface area contributed by atoms with Gasteiger partial charge >= 0.3 is 6.16 Å². The van der Waals surface area contributed by atoms with E-state index in [9.17, 15) is 14.7 Å². The summed E-state index contributed by atoms with van der Waals surface area (Å²) in [5, 5.41) is 11.2. The van der Waals surface area contributed by atoms with Crippen molar-refractivity contribution < 1.29 is 33.6 Å². The van der Waals surface area contributed by atoms with Crippen molar-refractivity contribution in [1.29, 1.82) is 0 Å². The van der Waals surface area contributed by atoms with Crippen molar-refractivity contribution in [2.45, 2.75) is 51.2 Å². The lowest BCUT2D eigenvalue weighted by molar-refractivity contribution is -0.189. The predicted octanol–water partition coefficient (Wildman–Crippen LogP) is 5.13. The first-order chi connectivity index (χ1) is 18.6. The van der Waals surface area contributed by atoms with Gasteiger partial charge in [-0.1, -0.05) is 54.6 Å². The molecule has 0 bridgehead atoms. The maximum atomic E-state index is 13.8. The summed E-state index contributed by atoms with van der Waals surface area (Å²) in [5.41, 5.74) is 1.22. The summed E-state index contributed by atoms with van der Waals surface area (Å²) in [6.07, 6.45) is -1.69. The molecule has 39 heavy (non-hydrogen) atoms. The van der Waals surface area contributed by atoms with Crippen LogP contribution in [0.15, 0.2) is 78.9 Å². The van der Waals surface area contributed by atoms with Crippen molar-refractivity contribution in [3.63, 3.8) is 0 Å². The first kappa shape index (κ1) is 28.0. The Morgan fingerprint density at radius 1 is 0.897 bits per heavy atom. The van der Waals surface area contributed by atoms with Crippen LogP contribution in [0.3, 0.4) is 0 Å². The Labute approximate surface area is 229 Å². The second-order valence-electron chi connectivity index (χ2n) is 10.2. The van der Waals surface area contributed by atoms with E-state index in [-0.39, 0.29) is 12.5 Å². The van der Waals surface area contributed by atoms with Gasteiger partial charge in [-0.05, 0) is 61.7 Å². The molecule has 1 heterocycles. The van der Waals surface area contributed by atoms with Gasteiger partial charge in [-0.3, -0.25) is 4.79 Å². The zero-order valence-corrected chi connectivity index (χ0v) is 22.9. The van der Waals surface area contributed by atoms with E-state index in [2.05, 4.69) is 0 Å². The van der Waals surface area contributed by atoms with E-state index in [4.69, 9.17) is 18.9 Å². The summed E-state index contributed by atoms with van der Waals surface area (Å²) < 4.78 is 21.4. The van der Waals surface area contributed by atoms with Crippen LogP contribution in [0.2, 0.25) is 0 Å². The number of β-lactam (4-membered cyclic amide) rings is 1. The van der Waals surface area contributed by atoms with E-state index in [0.29, 0.717) is 11.5 Å². The van der Waals surface area contributed by atoms with Crippen LogP contribution < -0.4 is 9.47 Å². The maximum Gasteiger partial charge on any atom is 0.508 e. The monoisotopic (exact) mass is 533 g/mol. The SMILES string of the molecule is COc1ccc(C(c2ccc(OC)cc2)N2C(=O)[C@H](C(C)OC(=O)OCc3ccccc3)[C@H]2C(C)(C)O)cc1. The van der Waals surface area contributed by atoms with Gasteiger partial charge in [0.1, 0.15) is 24.2 Å². The molecular formula is C31H35NO7. The normalized spacial score (nSPS) is 17.8. The number of amides is 1. The van der Waals surface area contributed by atoms with Crippen molar-refractivity contribution >= 4 is 12.1 Å². The van der Waals surface area contributed by atoms with Gasteiger partial charge in [0, 0.05) is 0 Å². The Morgan fingerprint density at radius 2 is 1.41 bits per heavy atom. The van der Waals surface area contributed by atoms with Crippen molar-refractivity contribution in [1.82, 2.24) is 4.90 Å². The van der Waals surface area contributed by atoms with Gasteiger partial charge in [0.25, 0.3) is 0 Å². The molecule has 1 unspecified atom stereocenters. The predicted molar refractivity (Wildman–Crippen MR) is 145 cm³/mol. The molecule has 3 aromatic rings. The van der Waals surface area contributed by atoms with Gasteiger partial charge in [0.05, 0.1) is 37.8 Å². The largest absolute Gasteiger partial charge is 0.508 e. The molecule has 1 aliphatic heterocycles. The number of methoxy groups -OCH3 is 2. The molecule has 8 heteroatoms. The van der Waals surface area contributed by atoms with Gasteiger partial charge in [0.15, 0.2) is 0 Å². The zero-order valence-electron chi connectivity index (χ0n) is 22.9. The van der Waals surface area contributed by atoms with Crippen molar-refractivity contribution in [2.24, 2.45) is 5.92 Å². The van der Waals surface area contributed by atoms with Crippen molar-refractivity contribution in [2.75, 3.05) is 14.2 Å². The average molecular weight is 534 g/mol. The molecule has 0 radical (unpaired) electrons. The van der Waals surface area contributed by atoms with Gasteiger partial charge in [0.2, 0.25) is 5.91 Å². The van der Waals surface area contributed by atoms with Crippen LogP contribution in [0.25, 0.3) is 0 Å². The molecule has 1 fully saturated rings. The second-order valence-corrected chi connectivity index (χ2v) is 10.2. The molecule has 8 nitrogen and oxygen atoms in total. The van der Waals surface area contributed by atoms with Crippen LogP contribution in [-0.4, -0.2) is 54.0 Å². The fourth-order valence-electron chi connectivity index (χ4n) is 5.12. The number of ether oxygens (including phenoxy) is 4. The minimum absolute atomic E-state index is 0.0586. The Hall–Kier alpha value is -4.04. The highest BCUT2D eigenvalue weighted by Crippen LogP contribution is 2.46. The highest BCUT2D eigenvalue weighted by Gasteiger charge is 2.59. The smallest absolute Gasteiger partial charge is 0.497 e. The molecule has 0 aliphatic carbocycles. The molecule has 1 amide bonds. The fourth-order valence-corrected chi connectivity index (χ4v) is 5.12. The van der Waals surface area contributed by atoms with Gasteiger partial charge in [-0.2, -0.15) is 0 Å². The third kappa shape index (κ3) is 6.17. The summed E-state index contributed by atoms with van der Waals surface area (Å²) in [5.74, 6) is 0.389. The van der Waals surface area contributed by atoms with Crippen molar-refractivity contribution in [3.05, 3.63) is 95.6 Å². The summed E-state index contributed by atoms with van der Waals surface area (Å²) in [6.45, 7) is 5.02. The van der Waals surface area contributed by atoms with E-state index >= 15 is 0 Å². The molecule has 1 aliphatic rings. The lowest BCUT2D eigenvalue weighted by atomic mass is 9.72. The molecule has 1 N–H and O–H groups in total. The minimum Gasteiger partial charge on any atom is -0.497 e. The van der Waals surface area contributed by atoms with E-state index in [1.165, 1.54) is 0 Å². The number of hydrogen-bond donors (Lipinski definition) is 1. The molecule has 3 atom stereocenters. The Morgan fingerprint density at radius 3 is 1.87 bits per heavy atom. The average Bonchev–Trinajstić information content (AvgIpc) is 2.93. The lowest BCUT2D eigenvalue weighted by Crippen LogP contribution is -2.72. The molecule has 1 saturated heterocycles. The first-order valence-electron chi connectivity index (χ1n) is 12.8. The van der Waals surface area contributed by atoms with E-state index < -0.39 is 35.9 Å². The minimum atomic E-state index is -1.29. The van der Waals surface area contributed by atoms with Crippen LogP contribution in [0.5, 0.6) is 11.5 Å². The Balaban J connectivity index is 1.59. The number of nitrogens with zero attached hydrogens (tertiary/aromatic N) is 1. The zero-order chi connectivity index (χ0) is 28.2. The molecule has 206 valence electrons. The molecular weight excluding hydrogens is 498 g/mol. The highest BCUT2D eigenvalue weighted by molar-refractivity contribution is 5.88. The summed E-state index contributed by atoms with van der Waals surface area (Å²) in [6, 6.07) is 23.1. The van der Waals surface area contributed by atoms with Gasteiger partial charge in [-0.15, -0.1) is 0 Å². The summed E-state index contributed by atoms with van der Waals surface area (Å²) >= 11 is 0. The lowest BCUT2D eigenvalue weighted by Gasteiger charge is -2.56. The highest BCUT2D eigenvalue weighted by atomic mass is 16.7. The summed E-state index contributed by atoms with van der Waals surface area (Å²) in [4.78, 5) is 27.9. The number of likely N-dealkylation sites (tertiary alicyclic amines) is 1. The van der Waals surface area contributed by atoms with E-state index in [0.717, 1.165) is 16.7 Å². The standard InChI is InChI=1S/C31H35NO7/c1-20(39-30(34)38-19-21-9-7-6-8-10-21)26-28(31(2,3)35)32(29(26)33)27(22-11-15-24(36-4)16-12-22)23-13-17-25(37-5)18-14-23/h6-18,20,26-28,35H,19H2,1-5H3/t20?,26-,28+/m1/s1. The number of aliphatic hydroxyl groups is 1. The first-order valence-corrected chi connectivity index (χ1v) is 12.8. The number of carbonyl (C=O) groups excluding carboxylic acids is 2. The molecule has 3 aromatic carbocycles. The topological polar surface area (TPSA) is 94.5 Å². The maximum absolute atomic E-state index is 13.8. The van der Waals surface area contributed by atoms with Crippen LogP contribution in [0, 0.1) is 5.92 Å². The number of benzene rings is 3. The third-order valence-electron chi connectivity index (χ3n) is 7.03. The number of rotatable bonds is 10. The number of hydrogen-bond acceptors (Lipinski definition) is 7. The molecule has 0 aromatic heterocycles. The van der Waals surface area contributed by atoms with Crippen LogP contribution in [0.1, 0.15) is 43.5 Å². The number of carbonyl (C=O) groups is 2. The Kier molecular flexibility index (Phi) is 8.45. The molecule has 4 rings (SSSR count). The van der Waals surface area contributed by atoms with Crippen LogP contribution >= 0.6 is 0 Å². The molecule has 0 saturated carbocycles. The third-order valence-corrected chi connectivity index (χ3v) is 7.03. The van der Waals surface area contributed by atoms with Crippen molar-refractivity contribution in [3.8, 4) is 11.5 Å². The van der Waals surface area contributed by atoms with Crippen LogP contribution in [0.4, 0.5) is 4.79 Å². The van der Waals surface area contributed by atoms with Crippen LogP contribution in [-0.2, 0) is 20.9 Å². The Bertz CT molecular complexity index is 1210. The summed E-state index contributed by atoms with van der Waals surface area (Å²) in [7, 11) is 3.19. The van der Waals surface area contributed by atoms with E-state index in [1.807, 2.05) is 78.9 Å². The van der Waals surface area contributed by atoms with E-state index in [1.54, 1.807) is 39.9 Å². The molecule has 0 spiro atoms. The fraction of sp³-hybridized carbons (Fsp3) is 0.355. The second kappa shape index (κ2) is 11.8.